The van der Waals surface area contributed by atoms with Crippen LogP contribution in [-0.2, 0) is 24.3 Å². The third-order valence-corrected chi connectivity index (χ3v) is 4.99. The molecule has 3 aromatic rings. The number of nitrogens with one attached hydrogen (secondary N) is 1. The third-order valence-electron chi connectivity index (χ3n) is 4.99. The zero-order valence-corrected chi connectivity index (χ0v) is 17.4. The van der Waals surface area contributed by atoms with Crippen molar-refractivity contribution in [2.24, 2.45) is 0 Å². The Labute approximate surface area is 175 Å². The van der Waals surface area contributed by atoms with E-state index >= 15 is 0 Å². The van der Waals surface area contributed by atoms with Gasteiger partial charge < -0.3 is 16.0 Å². The van der Waals surface area contributed by atoms with Gasteiger partial charge in [-0.2, -0.15) is 0 Å². The molecule has 0 fully saturated rings. The number of benzene rings is 2. The lowest BCUT2D eigenvalue weighted by molar-refractivity contribution is -0.121. The first-order valence-corrected chi connectivity index (χ1v) is 9.93. The molecule has 0 atom stereocenters. The summed E-state index contributed by atoms with van der Waals surface area (Å²) >= 11 is 0. The van der Waals surface area contributed by atoms with Crippen molar-refractivity contribution in [3.8, 4) is 0 Å². The first-order chi connectivity index (χ1) is 14.2. The summed E-state index contributed by atoms with van der Waals surface area (Å²) in [7, 11) is 0. The van der Waals surface area contributed by atoms with Crippen LogP contribution in [0.15, 0.2) is 42.5 Å². The molecular weight excluding hydrogens is 378 g/mol. The van der Waals surface area contributed by atoms with E-state index in [0.29, 0.717) is 24.0 Å². The van der Waals surface area contributed by atoms with Crippen LogP contribution in [0.25, 0.3) is 10.9 Å². The summed E-state index contributed by atoms with van der Waals surface area (Å²) in [5, 5.41) is 3.55. The van der Waals surface area contributed by atoms with Gasteiger partial charge in [0.15, 0.2) is 0 Å². The average Bonchev–Trinajstić information content (AvgIpc) is 3.09. The van der Waals surface area contributed by atoms with E-state index in [1.165, 1.54) is 0 Å². The second-order valence-corrected chi connectivity index (χ2v) is 8.69. The Morgan fingerprint density at radius 2 is 1.73 bits per heavy atom. The van der Waals surface area contributed by atoms with Crippen LogP contribution in [0.1, 0.15) is 48.0 Å². The van der Waals surface area contributed by atoms with Crippen molar-refractivity contribution in [3.05, 3.63) is 64.8 Å². The maximum absolute atomic E-state index is 13.3. The summed E-state index contributed by atoms with van der Waals surface area (Å²) in [4.78, 5) is 35.9. The zero-order chi connectivity index (χ0) is 21.5. The highest BCUT2D eigenvalue weighted by molar-refractivity contribution is 6.05. The molecule has 0 radical (unpaired) electrons. The normalized spacial score (nSPS) is 13.4. The highest BCUT2D eigenvalue weighted by Gasteiger charge is 2.27. The van der Waals surface area contributed by atoms with E-state index in [1.54, 1.807) is 11.0 Å². The fourth-order valence-corrected chi connectivity index (χ4v) is 3.74. The minimum atomic E-state index is -0.308. The van der Waals surface area contributed by atoms with E-state index < -0.39 is 0 Å². The smallest absolute Gasteiger partial charge is 0.273 e. The van der Waals surface area contributed by atoms with Crippen LogP contribution in [0.3, 0.4) is 0 Å². The second kappa shape index (κ2) is 7.40. The number of hydrogen-bond acceptors (Lipinski definition) is 5. The molecule has 0 unspecified atom stereocenters. The summed E-state index contributed by atoms with van der Waals surface area (Å²) in [5.74, 6) is -0.219. The fraction of sp³-hybridized carbons (Fsp3) is 0.304. The average molecular weight is 403 g/mol. The van der Waals surface area contributed by atoms with Crippen molar-refractivity contribution in [2.75, 3.05) is 5.73 Å². The molecule has 4 rings (SSSR count). The van der Waals surface area contributed by atoms with E-state index in [9.17, 15) is 9.59 Å². The molecule has 7 heteroatoms. The summed E-state index contributed by atoms with van der Waals surface area (Å²) in [6, 6.07) is 13.4. The predicted molar refractivity (Wildman–Crippen MR) is 116 cm³/mol. The standard InChI is InChI=1S/C23H25N5O2/c1-23(2,3)27-19(29)11-14-8-9-18-17(10-14)20(26-22(24)25-18)21(30)28-12-15-6-4-5-7-16(15)13-28/h4-10H,11-13H2,1-3H3,(H,27,29)(H2,24,25,26). The third kappa shape index (κ3) is 4.10. The van der Waals surface area contributed by atoms with Crippen LogP contribution in [-0.4, -0.2) is 32.2 Å². The molecule has 3 N–H and O–H groups in total. The molecular formula is C23H25N5O2. The number of fused-ring (bicyclic) bond motifs is 2. The molecule has 0 bridgehead atoms. The van der Waals surface area contributed by atoms with Gasteiger partial charge in [0.25, 0.3) is 5.91 Å². The Balaban J connectivity index is 1.65. The van der Waals surface area contributed by atoms with Gasteiger partial charge in [0.2, 0.25) is 11.9 Å². The predicted octanol–water partition coefficient (Wildman–Crippen LogP) is 2.83. The van der Waals surface area contributed by atoms with Crippen molar-refractivity contribution in [1.82, 2.24) is 20.2 Å². The number of carbonyl (C=O) groups is 2. The largest absolute Gasteiger partial charge is 0.368 e. The molecule has 1 aliphatic rings. The molecule has 2 amide bonds. The Kier molecular flexibility index (Phi) is 4.89. The zero-order valence-electron chi connectivity index (χ0n) is 17.4. The van der Waals surface area contributed by atoms with E-state index in [1.807, 2.05) is 57.2 Å². The molecule has 1 aliphatic heterocycles. The number of amides is 2. The number of nitrogen functional groups attached to an aromatic ring is 1. The highest BCUT2D eigenvalue weighted by Crippen LogP contribution is 2.26. The van der Waals surface area contributed by atoms with E-state index in [4.69, 9.17) is 5.73 Å². The van der Waals surface area contributed by atoms with Crippen LogP contribution in [0, 0.1) is 0 Å². The molecule has 0 spiro atoms. The summed E-state index contributed by atoms with van der Waals surface area (Å²) in [5.41, 5.74) is 9.48. The lowest BCUT2D eigenvalue weighted by Gasteiger charge is -2.20. The Morgan fingerprint density at radius 3 is 2.37 bits per heavy atom. The maximum atomic E-state index is 13.3. The van der Waals surface area contributed by atoms with Gasteiger partial charge in [0, 0.05) is 24.0 Å². The van der Waals surface area contributed by atoms with Crippen molar-refractivity contribution < 1.29 is 9.59 Å². The van der Waals surface area contributed by atoms with Crippen LogP contribution in [0.5, 0.6) is 0 Å². The second-order valence-electron chi connectivity index (χ2n) is 8.69. The fourth-order valence-electron chi connectivity index (χ4n) is 3.74. The number of nitrogens with zero attached hydrogens (tertiary/aromatic N) is 3. The van der Waals surface area contributed by atoms with E-state index in [2.05, 4.69) is 15.3 Å². The lowest BCUT2D eigenvalue weighted by Crippen LogP contribution is -2.41. The summed E-state index contributed by atoms with van der Waals surface area (Å²) in [6.07, 6.45) is 0.209. The quantitative estimate of drug-likeness (QED) is 0.700. The lowest BCUT2D eigenvalue weighted by atomic mass is 10.0. The van der Waals surface area contributed by atoms with E-state index in [-0.39, 0.29) is 35.4 Å². The van der Waals surface area contributed by atoms with Crippen molar-refractivity contribution in [3.63, 3.8) is 0 Å². The van der Waals surface area contributed by atoms with Gasteiger partial charge in [-0.1, -0.05) is 30.3 Å². The SMILES string of the molecule is CC(C)(C)NC(=O)Cc1ccc2nc(N)nc(C(=O)N3Cc4ccccc4C3)c2c1. The first-order valence-electron chi connectivity index (χ1n) is 9.93. The Hall–Kier alpha value is -3.48. The van der Waals surface area contributed by atoms with Crippen LogP contribution in [0.4, 0.5) is 5.95 Å². The number of rotatable bonds is 3. The number of hydrogen-bond donors (Lipinski definition) is 2. The topological polar surface area (TPSA) is 101 Å². The molecule has 1 aromatic heterocycles. The highest BCUT2D eigenvalue weighted by atomic mass is 16.2. The molecule has 30 heavy (non-hydrogen) atoms. The number of anilines is 1. The van der Waals surface area contributed by atoms with Crippen LogP contribution >= 0.6 is 0 Å². The van der Waals surface area contributed by atoms with Gasteiger partial charge in [-0.15, -0.1) is 0 Å². The van der Waals surface area contributed by atoms with Gasteiger partial charge in [0.05, 0.1) is 11.9 Å². The number of carbonyl (C=O) groups excluding carboxylic acids is 2. The monoisotopic (exact) mass is 403 g/mol. The van der Waals surface area contributed by atoms with Crippen LogP contribution < -0.4 is 11.1 Å². The van der Waals surface area contributed by atoms with Crippen molar-refractivity contribution in [1.29, 1.82) is 0 Å². The summed E-state index contributed by atoms with van der Waals surface area (Å²) < 4.78 is 0. The van der Waals surface area contributed by atoms with Gasteiger partial charge in [-0.25, -0.2) is 9.97 Å². The van der Waals surface area contributed by atoms with E-state index in [0.717, 1.165) is 16.7 Å². The van der Waals surface area contributed by atoms with Crippen molar-refractivity contribution >= 4 is 28.7 Å². The molecule has 2 aromatic carbocycles. The maximum Gasteiger partial charge on any atom is 0.273 e. The molecule has 0 saturated carbocycles. The first kappa shape index (κ1) is 19.8. The minimum absolute atomic E-state index is 0.0563. The Bertz CT molecular complexity index is 1130. The van der Waals surface area contributed by atoms with Crippen molar-refractivity contribution in [2.45, 2.75) is 45.8 Å². The molecule has 7 nitrogen and oxygen atoms in total. The van der Waals surface area contributed by atoms with Crippen LogP contribution in [0.2, 0.25) is 0 Å². The Morgan fingerprint density at radius 1 is 1.07 bits per heavy atom. The molecule has 0 aliphatic carbocycles. The van der Waals surface area contributed by atoms with Gasteiger partial charge in [-0.3, -0.25) is 9.59 Å². The minimum Gasteiger partial charge on any atom is -0.368 e. The van der Waals surface area contributed by atoms with Gasteiger partial charge in [0.1, 0.15) is 5.69 Å². The van der Waals surface area contributed by atoms with Gasteiger partial charge >= 0.3 is 0 Å². The summed E-state index contributed by atoms with van der Waals surface area (Å²) in [6.45, 7) is 6.88. The number of nitrogens with two attached hydrogens (primary N) is 1. The number of aromatic nitrogens is 2. The molecule has 0 saturated heterocycles. The molecule has 2 heterocycles. The molecule has 154 valence electrons. The van der Waals surface area contributed by atoms with Gasteiger partial charge in [-0.05, 0) is 49.6 Å².